The first-order chi connectivity index (χ1) is 8.20. The van der Waals surface area contributed by atoms with Gasteiger partial charge in [0.2, 0.25) is 5.91 Å². The van der Waals surface area contributed by atoms with Gasteiger partial charge in [0.15, 0.2) is 0 Å². The Morgan fingerprint density at radius 3 is 2.76 bits per heavy atom. The van der Waals surface area contributed by atoms with Gasteiger partial charge in [0, 0.05) is 13.2 Å². The van der Waals surface area contributed by atoms with Gasteiger partial charge < -0.3 is 14.4 Å². The number of methoxy groups -OCH3 is 1. The number of esters is 1. The molecule has 1 saturated heterocycles. The Hall–Kier alpha value is -1.10. The van der Waals surface area contributed by atoms with E-state index in [1.165, 1.54) is 7.11 Å². The molecule has 0 bridgehead atoms. The first kappa shape index (κ1) is 14.0. The Morgan fingerprint density at radius 2 is 2.12 bits per heavy atom. The van der Waals surface area contributed by atoms with E-state index in [-0.39, 0.29) is 11.9 Å². The Morgan fingerprint density at radius 1 is 1.35 bits per heavy atom. The fourth-order valence-corrected chi connectivity index (χ4v) is 2.06. The van der Waals surface area contributed by atoms with Crippen molar-refractivity contribution in [3.8, 4) is 0 Å². The van der Waals surface area contributed by atoms with Crippen LogP contribution >= 0.6 is 0 Å². The van der Waals surface area contributed by atoms with Crippen LogP contribution in [0.1, 0.15) is 32.6 Å². The lowest BCUT2D eigenvalue weighted by Gasteiger charge is -2.33. The van der Waals surface area contributed by atoms with Crippen LogP contribution < -0.4 is 0 Å². The average molecular weight is 243 g/mol. The van der Waals surface area contributed by atoms with Crippen molar-refractivity contribution < 1.29 is 19.1 Å². The Balaban J connectivity index is 2.52. The quantitative estimate of drug-likeness (QED) is 0.533. The van der Waals surface area contributed by atoms with Crippen molar-refractivity contribution in [1.29, 1.82) is 0 Å². The molecule has 98 valence electrons. The SMILES string of the molecule is CCOCCC(=O)N1CCCC[C@@H]1C(=O)OC. The molecule has 0 aliphatic carbocycles. The second-order valence-electron chi connectivity index (χ2n) is 4.07. The first-order valence-corrected chi connectivity index (χ1v) is 6.15. The van der Waals surface area contributed by atoms with Crippen LogP contribution in [-0.4, -0.2) is 49.7 Å². The van der Waals surface area contributed by atoms with Crippen LogP contribution in [-0.2, 0) is 19.1 Å². The number of nitrogens with zero attached hydrogens (tertiary/aromatic N) is 1. The largest absolute Gasteiger partial charge is 0.467 e. The number of rotatable bonds is 5. The summed E-state index contributed by atoms with van der Waals surface area (Å²) in [5, 5.41) is 0. The van der Waals surface area contributed by atoms with Crippen molar-refractivity contribution in [2.24, 2.45) is 0 Å². The lowest BCUT2D eigenvalue weighted by atomic mass is 10.0. The van der Waals surface area contributed by atoms with Gasteiger partial charge in [-0.25, -0.2) is 4.79 Å². The molecule has 1 rings (SSSR count). The van der Waals surface area contributed by atoms with Crippen LogP contribution in [0.3, 0.4) is 0 Å². The molecule has 17 heavy (non-hydrogen) atoms. The molecule has 0 radical (unpaired) electrons. The van der Waals surface area contributed by atoms with Crippen molar-refractivity contribution in [3.05, 3.63) is 0 Å². The number of carbonyl (C=O) groups excluding carboxylic acids is 2. The molecule has 0 aromatic heterocycles. The molecule has 1 aliphatic rings. The van der Waals surface area contributed by atoms with Crippen molar-refractivity contribution in [1.82, 2.24) is 4.90 Å². The number of hydrogen-bond acceptors (Lipinski definition) is 4. The van der Waals surface area contributed by atoms with Gasteiger partial charge in [0.25, 0.3) is 0 Å². The minimum atomic E-state index is -0.400. The average Bonchev–Trinajstić information content (AvgIpc) is 2.38. The number of likely N-dealkylation sites (tertiary alicyclic amines) is 1. The maximum absolute atomic E-state index is 11.9. The van der Waals surface area contributed by atoms with E-state index in [0.29, 0.717) is 32.6 Å². The second kappa shape index (κ2) is 7.27. The van der Waals surface area contributed by atoms with Crippen LogP contribution in [0.2, 0.25) is 0 Å². The fourth-order valence-electron chi connectivity index (χ4n) is 2.06. The fraction of sp³-hybridized carbons (Fsp3) is 0.833. The van der Waals surface area contributed by atoms with Gasteiger partial charge in [-0.15, -0.1) is 0 Å². The van der Waals surface area contributed by atoms with E-state index >= 15 is 0 Å². The number of piperidine rings is 1. The molecular weight excluding hydrogens is 222 g/mol. The maximum Gasteiger partial charge on any atom is 0.328 e. The van der Waals surface area contributed by atoms with E-state index in [2.05, 4.69) is 0 Å². The van der Waals surface area contributed by atoms with Crippen LogP contribution in [0.15, 0.2) is 0 Å². The monoisotopic (exact) mass is 243 g/mol. The third-order valence-corrected chi connectivity index (χ3v) is 2.96. The Kier molecular flexibility index (Phi) is 5.97. The molecule has 5 nitrogen and oxygen atoms in total. The zero-order chi connectivity index (χ0) is 12.7. The van der Waals surface area contributed by atoms with Crippen LogP contribution in [0.25, 0.3) is 0 Å². The van der Waals surface area contributed by atoms with Crippen LogP contribution in [0.4, 0.5) is 0 Å². The summed E-state index contributed by atoms with van der Waals surface area (Å²) in [6, 6.07) is -0.400. The molecule has 1 aliphatic heterocycles. The lowest BCUT2D eigenvalue weighted by Crippen LogP contribution is -2.48. The number of carbonyl (C=O) groups is 2. The van der Waals surface area contributed by atoms with E-state index in [1.54, 1.807) is 4.90 Å². The highest BCUT2D eigenvalue weighted by Crippen LogP contribution is 2.19. The van der Waals surface area contributed by atoms with Crippen molar-refractivity contribution in [2.75, 3.05) is 26.9 Å². The summed E-state index contributed by atoms with van der Waals surface area (Å²) >= 11 is 0. The molecule has 0 N–H and O–H groups in total. The molecular formula is C12H21NO4. The van der Waals surface area contributed by atoms with Crippen molar-refractivity contribution in [3.63, 3.8) is 0 Å². The van der Waals surface area contributed by atoms with Crippen molar-refractivity contribution in [2.45, 2.75) is 38.6 Å². The zero-order valence-corrected chi connectivity index (χ0v) is 10.6. The summed E-state index contributed by atoms with van der Waals surface area (Å²) in [7, 11) is 1.36. The molecule has 1 amide bonds. The van der Waals surface area contributed by atoms with Crippen LogP contribution in [0.5, 0.6) is 0 Å². The molecule has 0 aromatic rings. The molecule has 5 heteroatoms. The van der Waals surface area contributed by atoms with E-state index in [4.69, 9.17) is 9.47 Å². The highest BCUT2D eigenvalue weighted by atomic mass is 16.5. The predicted octanol–water partition coefficient (Wildman–Crippen LogP) is 0.967. The van der Waals surface area contributed by atoms with Gasteiger partial charge in [-0.2, -0.15) is 0 Å². The van der Waals surface area contributed by atoms with Gasteiger partial charge in [-0.3, -0.25) is 4.79 Å². The Labute approximate surface area is 102 Å². The standard InChI is InChI=1S/C12H21NO4/c1-3-17-9-7-11(14)13-8-5-4-6-10(13)12(15)16-2/h10H,3-9H2,1-2H3/t10-/m1/s1. The summed E-state index contributed by atoms with van der Waals surface area (Å²) in [5.74, 6) is -0.331. The summed E-state index contributed by atoms with van der Waals surface area (Å²) < 4.78 is 9.89. The van der Waals surface area contributed by atoms with Gasteiger partial charge in [-0.05, 0) is 26.2 Å². The highest BCUT2D eigenvalue weighted by Gasteiger charge is 2.32. The predicted molar refractivity (Wildman–Crippen MR) is 62.5 cm³/mol. The maximum atomic E-state index is 11.9. The zero-order valence-electron chi connectivity index (χ0n) is 10.6. The number of ether oxygens (including phenoxy) is 2. The normalized spacial score (nSPS) is 20.1. The smallest absolute Gasteiger partial charge is 0.328 e. The minimum absolute atomic E-state index is 0.0199. The Bertz CT molecular complexity index is 267. The third-order valence-electron chi connectivity index (χ3n) is 2.96. The minimum Gasteiger partial charge on any atom is -0.467 e. The molecule has 0 saturated carbocycles. The molecule has 0 spiro atoms. The second-order valence-corrected chi connectivity index (χ2v) is 4.07. The molecule has 0 unspecified atom stereocenters. The molecule has 0 aromatic carbocycles. The van der Waals surface area contributed by atoms with Crippen LogP contribution in [0, 0.1) is 0 Å². The van der Waals surface area contributed by atoms with E-state index in [9.17, 15) is 9.59 Å². The summed E-state index contributed by atoms with van der Waals surface area (Å²) in [6.45, 7) is 3.56. The topological polar surface area (TPSA) is 55.8 Å². The van der Waals surface area contributed by atoms with Gasteiger partial charge >= 0.3 is 5.97 Å². The van der Waals surface area contributed by atoms with E-state index in [0.717, 1.165) is 12.8 Å². The number of amides is 1. The van der Waals surface area contributed by atoms with E-state index in [1.807, 2.05) is 6.92 Å². The molecule has 1 atom stereocenters. The summed E-state index contributed by atoms with van der Waals surface area (Å²) in [5.41, 5.74) is 0. The molecule has 1 fully saturated rings. The van der Waals surface area contributed by atoms with Gasteiger partial charge in [-0.1, -0.05) is 0 Å². The van der Waals surface area contributed by atoms with Gasteiger partial charge in [0.1, 0.15) is 6.04 Å². The van der Waals surface area contributed by atoms with Gasteiger partial charge in [0.05, 0.1) is 20.1 Å². The van der Waals surface area contributed by atoms with Crippen molar-refractivity contribution >= 4 is 11.9 Å². The summed E-state index contributed by atoms with van der Waals surface area (Å²) in [4.78, 5) is 25.1. The lowest BCUT2D eigenvalue weighted by molar-refractivity contribution is -0.155. The highest BCUT2D eigenvalue weighted by molar-refractivity contribution is 5.84. The number of hydrogen-bond donors (Lipinski definition) is 0. The third kappa shape index (κ3) is 4.00. The first-order valence-electron chi connectivity index (χ1n) is 6.15. The molecule has 1 heterocycles. The summed E-state index contributed by atoms with van der Waals surface area (Å²) in [6.07, 6.45) is 2.96. The van der Waals surface area contributed by atoms with E-state index < -0.39 is 6.04 Å².